The van der Waals surface area contributed by atoms with E-state index in [0.717, 1.165) is 19.5 Å². The Morgan fingerprint density at radius 1 is 1.53 bits per heavy atom. The van der Waals surface area contributed by atoms with Crippen molar-refractivity contribution in [2.24, 2.45) is 0 Å². The first-order valence-corrected chi connectivity index (χ1v) is 5.64. The van der Waals surface area contributed by atoms with Gasteiger partial charge >= 0.3 is 0 Å². The fraction of sp³-hybridized carbons (Fsp3) is 0.909. The van der Waals surface area contributed by atoms with E-state index in [9.17, 15) is 4.79 Å². The number of rotatable bonds is 4. The number of likely N-dealkylation sites (N-methyl/N-ethyl adjacent to an activating group) is 1. The summed E-state index contributed by atoms with van der Waals surface area (Å²) in [6.45, 7) is 7.80. The van der Waals surface area contributed by atoms with Gasteiger partial charge in [0.05, 0.1) is 11.7 Å². The molecule has 0 bridgehead atoms. The molecule has 1 aliphatic rings. The highest BCUT2D eigenvalue weighted by molar-refractivity contribution is 5.88. The standard InChI is InChI=1S/C11H23N3O/c1-6-11(3)10(15)14(9(2)12-11)8-7-13(4)5/h9,12H,6-8H2,1-5H3. The lowest BCUT2D eigenvalue weighted by atomic mass is 9.99. The van der Waals surface area contributed by atoms with E-state index in [1.807, 2.05) is 32.8 Å². The van der Waals surface area contributed by atoms with Gasteiger partial charge in [-0.15, -0.1) is 0 Å². The van der Waals surface area contributed by atoms with Crippen molar-refractivity contribution in [3.8, 4) is 0 Å². The van der Waals surface area contributed by atoms with Crippen LogP contribution in [0.2, 0.25) is 0 Å². The van der Waals surface area contributed by atoms with Crippen LogP contribution in [0.25, 0.3) is 0 Å². The molecule has 0 aromatic rings. The Morgan fingerprint density at radius 2 is 2.13 bits per heavy atom. The van der Waals surface area contributed by atoms with Crippen molar-refractivity contribution in [1.82, 2.24) is 15.1 Å². The molecule has 4 heteroatoms. The molecule has 0 aromatic heterocycles. The van der Waals surface area contributed by atoms with Crippen LogP contribution in [-0.2, 0) is 4.79 Å². The number of nitrogens with zero attached hydrogens (tertiary/aromatic N) is 2. The van der Waals surface area contributed by atoms with E-state index < -0.39 is 0 Å². The molecule has 0 saturated carbocycles. The molecule has 1 aliphatic heterocycles. The molecule has 0 aliphatic carbocycles. The van der Waals surface area contributed by atoms with Crippen molar-refractivity contribution >= 4 is 5.91 Å². The quantitative estimate of drug-likeness (QED) is 0.738. The summed E-state index contributed by atoms with van der Waals surface area (Å²) in [5.74, 6) is 0.236. The Balaban J connectivity index is 2.63. The molecule has 88 valence electrons. The molecule has 0 radical (unpaired) electrons. The normalized spacial score (nSPS) is 31.7. The number of carbonyl (C=O) groups excluding carboxylic acids is 1. The number of hydrogen-bond acceptors (Lipinski definition) is 3. The van der Waals surface area contributed by atoms with Crippen LogP contribution >= 0.6 is 0 Å². The van der Waals surface area contributed by atoms with Gasteiger partial charge in [0, 0.05) is 13.1 Å². The maximum absolute atomic E-state index is 12.1. The van der Waals surface area contributed by atoms with Gasteiger partial charge in [0.1, 0.15) is 0 Å². The molecule has 1 rings (SSSR count). The lowest BCUT2D eigenvalue weighted by Crippen LogP contribution is -2.43. The zero-order valence-electron chi connectivity index (χ0n) is 10.5. The fourth-order valence-electron chi connectivity index (χ4n) is 1.95. The highest BCUT2D eigenvalue weighted by Gasteiger charge is 2.44. The van der Waals surface area contributed by atoms with Crippen molar-refractivity contribution in [1.29, 1.82) is 0 Å². The maximum Gasteiger partial charge on any atom is 0.243 e. The number of nitrogens with one attached hydrogen (secondary N) is 1. The molecule has 1 N–H and O–H groups in total. The van der Waals surface area contributed by atoms with Gasteiger partial charge in [0.2, 0.25) is 5.91 Å². The van der Waals surface area contributed by atoms with Gasteiger partial charge in [0.15, 0.2) is 0 Å². The van der Waals surface area contributed by atoms with E-state index in [-0.39, 0.29) is 17.6 Å². The van der Waals surface area contributed by atoms with Gasteiger partial charge in [0.25, 0.3) is 0 Å². The van der Waals surface area contributed by atoms with Gasteiger partial charge in [-0.3, -0.25) is 10.1 Å². The third-order valence-corrected chi connectivity index (χ3v) is 3.22. The van der Waals surface area contributed by atoms with E-state index in [1.54, 1.807) is 0 Å². The van der Waals surface area contributed by atoms with Crippen molar-refractivity contribution in [2.45, 2.75) is 38.9 Å². The van der Waals surface area contributed by atoms with Gasteiger partial charge in [-0.25, -0.2) is 0 Å². The highest BCUT2D eigenvalue weighted by Crippen LogP contribution is 2.22. The molecule has 4 nitrogen and oxygen atoms in total. The van der Waals surface area contributed by atoms with Gasteiger partial charge in [-0.05, 0) is 34.4 Å². The molecule has 0 spiro atoms. The van der Waals surface area contributed by atoms with Crippen LogP contribution in [0.15, 0.2) is 0 Å². The van der Waals surface area contributed by atoms with Crippen LogP contribution in [0.3, 0.4) is 0 Å². The van der Waals surface area contributed by atoms with Gasteiger partial charge in [-0.1, -0.05) is 6.92 Å². The summed E-state index contributed by atoms with van der Waals surface area (Å²) < 4.78 is 0. The Hall–Kier alpha value is -0.610. The SMILES string of the molecule is CCC1(C)NC(C)N(CCN(C)C)C1=O. The smallest absolute Gasteiger partial charge is 0.243 e. The second kappa shape index (κ2) is 4.49. The number of hydrogen-bond donors (Lipinski definition) is 1. The van der Waals surface area contributed by atoms with Crippen molar-refractivity contribution in [2.75, 3.05) is 27.2 Å². The maximum atomic E-state index is 12.1. The summed E-state index contributed by atoms with van der Waals surface area (Å²) in [7, 11) is 4.05. The second-order valence-corrected chi connectivity index (χ2v) is 4.81. The van der Waals surface area contributed by atoms with Gasteiger partial charge in [-0.2, -0.15) is 0 Å². The molecule has 2 atom stereocenters. The Bertz CT molecular complexity index is 242. The summed E-state index contributed by atoms with van der Waals surface area (Å²) in [5.41, 5.74) is -0.355. The largest absolute Gasteiger partial charge is 0.325 e. The van der Waals surface area contributed by atoms with Crippen LogP contribution in [0.4, 0.5) is 0 Å². The molecule has 1 heterocycles. The summed E-state index contributed by atoms with van der Waals surface area (Å²) in [6, 6.07) is 0. The molecule has 1 amide bonds. The van der Waals surface area contributed by atoms with E-state index in [1.165, 1.54) is 0 Å². The monoisotopic (exact) mass is 213 g/mol. The summed E-state index contributed by atoms with van der Waals surface area (Å²) in [4.78, 5) is 16.2. The third-order valence-electron chi connectivity index (χ3n) is 3.22. The molecule has 2 unspecified atom stereocenters. The predicted octanol–water partition coefficient (Wildman–Crippen LogP) is 0.495. The minimum absolute atomic E-state index is 0.155. The molecular formula is C11H23N3O. The van der Waals surface area contributed by atoms with Crippen LogP contribution in [-0.4, -0.2) is 54.6 Å². The predicted molar refractivity (Wildman–Crippen MR) is 61.6 cm³/mol. The van der Waals surface area contributed by atoms with Crippen LogP contribution < -0.4 is 5.32 Å². The fourth-order valence-corrected chi connectivity index (χ4v) is 1.95. The number of carbonyl (C=O) groups is 1. The average molecular weight is 213 g/mol. The summed E-state index contributed by atoms with van der Waals surface area (Å²) in [6.07, 6.45) is 0.997. The Morgan fingerprint density at radius 3 is 2.53 bits per heavy atom. The van der Waals surface area contributed by atoms with E-state index in [4.69, 9.17) is 0 Å². The highest BCUT2D eigenvalue weighted by atomic mass is 16.2. The Labute approximate surface area is 92.6 Å². The zero-order chi connectivity index (χ0) is 11.6. The molecule has 15 heavy (non-hydrogen) atoms. The van der Waals surface area contributed by atoms with Crippen LogP contribution in [0.1, 0.15) is 27.2 Å². The van der Waals surface area contributed by atoms with Crippen LogP contribution in [0, 0.1) is 0 Å². The minimum atomic E-state index is -0.355. The zero-order valence-corrected chi connectivity index (χ0v) is 10.5. The lowest BCUT2D eigenvalue weighted by Gasteiger charge is -2.23. The summed E-state index contributed by atoms with van der Waals surface area (Å²) in [5, 5.41) is 3.36. The number of amides is 1. The Kier molecular flexibility index (Phi) is 3.73. The first kappa shape index (κ1) is 12.5. The van der Waals surface area contributed by atoms with Crippen molar-refractivity contribution in [3.05, 3.63) is 0 Å². The lowest BCUT2D eigenvalue weighted by molar-refractivity contribution is -0.132. The van der Waals surface area contributed by atoms with Crippen molar-refractivity contribution in [3.63, 3.8) is 0 Å². The van der Waals surface area contributed by atoms with Crippen molar-refractivity contribution < 1.29 is 4.79 Å². The van der Waals surface area contributed by atoms with Crippen LogP contribution in [0.5, 0.6) is 0 Å². The topological polar surface area (TPSA) is 35.6 Å². The molecule has 0 aromatic carbocycles. The molecule has 1 saturated heterocycles. The molecule has 1 fully saturated rings. The average Bonchev–Trinajstić information content (AvgIpc) is 2.37. The van der Waals surface area contributed by atoms with Gasteiger partial charge < -0.3 is 9.80 Å². The third kappa shape index (κ3) is 2.49. The second-order valence-electron chi connectivity index (χ2n) is 4.81. The summed E-state index contributed by atoms with van der Waals surface area (Å²) >= 11 is 0. The molecular weight excluding hydrogens is 190 g/mol. The van der Waals surface area contributed by atoms with E-state index in [2.05, 4.69) is 17.1 Å². The first-order chi connectivity index (χ1) is 6.90. The first-order valence-electron chi connectivity index (χ1n) is 5.64. The minimum Gasteiger partial charge on any atom is -0.325 e. The van der Waals surface area contributed by atoms with E-state index >= 15 is 0 Å². The van der Waals surface area contributed by atoms with E-state index in [0.29, 0.717) is 0 Å².